The van der Waals surface area contributed by atoms with Crippen molar-refractivity contribution in [3.8, 4) is 0 Å². The minimum Gasteiger partial charge on any atom is -0.365 e. The Hall–Kier alpha value is -2.60. The van der Waals surface area contributed by atoms with Crippen LogP contribution in [0, 0.1) is 6.92 Å². The molecule has 2 heterocycles. The van der Waals surface area contributed by atoms with Crippen molar-refractivity contribution in [2.24, 2.45) is 4.40 Å². The van der Waals surface area contributed by atoms with Crippen LogP contribution in [0.5, 0.6) is 0 Å². The zero-order valence-corrected chi connectivity index (χ0v) is 17.3. The number of nitrogens with zero attached hydrogens (tertiary/aromatic N) is 3. The van der Waals surface area contributed by atoms with E-state index in [0.29, 0.717) is 16.3 Å². The van der Waals surface area contributed by atoms with E-state index in [1.165, 1.54) is 11.3 Å². The topological polar surface area (TPSA) is 53.0 Å². The average Bonchev–Trinajstić information content (AvgIpc) is 2.91. The molecule has 0 radical (unpaired) electrons. The Morgan fingerprint density at radius 1 is 1.00 bits per heavy atom. The molecule has 2 aliphatic rings. The van der Waals surface area contributed by atoms with Gasteiger partial charge in [-0.25, -0.2) is 0 Å². The highest BCUT2D eigenvalue weighted by Gasteiger charge is 2.35. The standard InChI is InChI=1S/C22H25N3O2S/c1-16-8-7-11-20(14-16)25-13-12-24(15-17(25)2)22-18(3)21(28(26,27)23-22)19-9-5-4-6-10-19/h4-11,14,17H,12-13,15H2,1-3H3. The van der Waals surface area contributed by atoms with Crippen molar-refractivity contribution < 1.29 is 8.42 Å². The molecule has 0 aliphatic carbocycles. The van der Waals surface area contributed by atoms with E-state index in [1.807, 2.05) is 37.3 Å². The van der Waals surface area contributed by atoms with Crippen LogP contribution >= 0.6 is 0 Å². The summed E-state index contributed by atoms with van der Waals surface area (Å²) in [6.07, 6.45) is 0. The Morgan fingerprint density at radius 2 is 1.75 bits per heavy atom. The molecule has 0 spiro atoms. The third-order valence-corrected chi connectivity index (χ3v) is 6.91. The van der Waals surface area contributed by atoms with Crippen LogP contribution in [-0.2, 0) is 10.0 Å². The number of rotatable bonds is 2. The molecular formula is C22H25N3O2S. The second kappa shape index (κ2) is 7.09. The summed E-state index contributed by atoms with van der Waals surface area (Å²) in [6.45, 7) is 8.45. The Morgan fingerprint density at radius 3 is 2.43 bits per heavy atom. The van der Waals surface area contributed by atoms with Gasteiger partial charge in [-0.3, -0.25) is 0 Å². The molecule has 1 fully saturated rings. The molecule has 0 saturated carbocycles. The van der Waals surface area contributed by atoms with E-state index in [4.69, 9.17) is 0 Å². The summed E-state index contributed by atoms with van der Waals surface area (Å²) < 4.78 is 29.6. The number of benzene rings is 2. The van der Waals surface area contributed by atoms with E-state index in [2.05, 4.69) is 52.3 Å². The van der Waals surface area contributed by atoms with E-state index in [1.54, 1.807) is 0 Å². The van der Waals surface area contributed by atoms with Crippen molar-refractivity contribution in [1.82, 2.24) is 4.90 Å². The normalized spacial score (nSPS) is 21.8. The van der Waals surface area contributed by atoms with Crippen molar-refractivity contribution in [3.63, 3.8) is 0 Å². The highest BCUT2D eigenvalue weighted by Crippen LogP contribution is 2.34. The van der Waals surface area contributed by atoms with Crippen molar-refractivity contribution >= 4 is 26.5 Å². The summed E-state index contributed by atoms with van der Waals surface area (Å²) in [5.74, 6) is 0.592. The number of sulfonamides is 1. The molecule has 1 atom stereocenters. The number of piperazine rings is 1. The molecule has 1 unspecified atom stereocenters. The van der Waals surface area contributed by atoms with Crippen LogP contribution in [0.4, 0.5) is 5.69 Å². The first-order valence-electron chi connectivity index (χ1n) is 9.57. The smallest absolute Gasteiger partial charge is 0.285 e. The van der Waals surface area contributed by atoms with Gasteiger partial charge in [-0.15, -0.1) is 4.40 Å². The van der Waals surface area contributed by atoms with Crippen LogP contribution < -0.4 is 4.90 Å². The molecule has 0 bridgehead atoms. The van der Waals surface area contributed by atoms with E-state index in [9.17, 15) is 8.42 Å². The third-order valence-electron chi connectivity index (χ3n) is 5.44. The van der Waals surface area contributed by atoms with Gasteiger partial charge in [0.15, 0.2) is 0 Å². The number of anilines is 1. The molecule has 0 amide bonds. The Bertz CT molecular complexity index is 1060. The van der Waals surface area contributed by atoms with Crippen LogP contribution in [0.2, 0.25) is 0 Å². The molecule has 146 valence electrons. The van der Waals surface area contributed by atoms with Gasteiger partial charge in [0.2, 0.25) is 0 Å². The molecule has 0 aromatic heterocycles. The number of aryl methyl sites for hydroxylation is 1. The fourth-order valence-corrected chi connectivity index (χ4v) is 5.60. The number of amidine groups is 1. The fourth-order valence-electron chi connectivity index (χ4n) is 4.11. The highest BCUT2D eigenvalue weighted by atomic mass is 32.2. The molecule has 28 heavy (non-hydrogen) atoms. The summed E-state index contributed by atoms with van der Waals surface area (Å²) in [7, 11) is -3.66. The van der Waals surface area contributed by atoms with Crippen molar-refractivity contribution in [3.05, 3.63) is 71.3 Å². The summed E-state index contributed by atoms with van der Waals surface area (Å²) >= 11 is 0. The summed E-state index contributed by atoms with van der Waals surface area (Å²) in [5, 5.41) is 0. The maximum atomic E-state index is 12.7. The summed E-state index contributed by atoms with van der Waals surface area (Å²) in [4.78, 5) is 4.82. The number of hydrogen-bond acceptors (Lipinski definition) is 4. The van der Waals surface area contributed by atoms with Gasteiger partial charge in [0, 0.05) is 36.9 Å². The lowest BCUT2D eigenvalue weighted by atomic mass is 10.1. The first-order chi connectivity index (χ1) is 13.4. The van der Waals surface area contributed by atoms with Crippen molar-refractivity contribution in [2.75, 3.05) is 24.5 Å². The Balaban J connectivity index is 1.60. The second-order valence-electron chi connectivity index (χ2n) is 7.54. The van der Waals surface area contributed by atoms with Gasteiger partial charge in [0.1, 0.15) is 10.7 Å². The van der Waals surface area contributed by atoms with Crippen LogP contribution in [-0.4, -0.2) is 44.8 Å². The highest BCUT2D eigenvalue weighted by molar-refractivity contribution is 8.00. The predicted octanol–water partition coefficient (Wildman–Crippen LogP) is 3.68. The first kappa shape index (κ1) is 18.7. The van der Waals surface area contributed by atoms with Crippen molar-refractivity contribution in [2.45, 2.75) is 26.8 Å². The molecule has 2 aromatic rings. The van der Waals surface area contributed by atoms with Gasteiger partial charge < -0.3 is 9.80 Å². The third kappa shape index (κ3) is 3.33. The monoisotopic (exact) mass is 395 g/mol. The lowest BCUT2D eigenvalue weighted by Gasteiger charge is -2.42. The fraction of sp³-hybridized carbons (Fsp3) is 0.318. The van der Waals surface area contributed by atoms with Crippen LogP contribution in [0.3, 0.4) is 0 Å². The molecule has 4 rings (SSSR count). The second-order valence-corrected chi connectivity index (χ2v) is 9.08. The van der Waals surface area contributed by atoms with Gasteiger partial charge in [-0.1, -0.05) is 42.5 Å². The van der Waals surface area contributed by atoms with Crippen LogP contribution in [0.1, 0.15) is 25.0 Å². The van der Waals surface area contributed by atoms with E-state index >= 15 is 0 Å². The van der Waals surface area contributed by atoms with E-state index in [0.717, 1.165) is 25.2 Å². The van der Waals surface area contributed by atoms with Crippen LogP contribution in [0.15, 0.2) is 64.6 Å². The van der Waals surface area contributed by atoms with E-state index in [-0.39, 0.29) is 6.04 Å². The van der Waals surface area contributed by atoms with Gasteiger partial charge in [-0.05, 0) is 44.0 Å². The van der Waals surface area contributed by atoms with Gasteiger partial charge in [0.25, 0.3) is 10.0 Å². The SMILES string of the molecule is CC1=C(c2ccccc2)S(=O)(=O)N=C1N1CCN(c2cccc(C)c2)C(C)C1. The molecule has 0 N–H and O–H groups in total. The molecular weight excluding hydrogens is 370 g/mol. The summed E-state index contributed by atoms with van der Waals surface area (Å²) in [6, 6.07) is 18.0. The average molecular weight is 396 g/mol. The minimum absolute atomic E-state index is 0.259. The molecule has 5 nitrogen and oxygen atoms in total. The van der Waals surface area contributed by atoms with Gasteiger partial charge in [-0.2, -0.15) is 8.42 Å². The molecule has 6 heteroatoms. The Kier molecular flexibility index (Phi) is 4.75. The molecule has 2 aromatic carbocycles. The minimum atomic E-state index is -3.66. The Labute approximate surface area is 167 Å². The lowest BCUT2D eigenvalue weighted by Crippen LogP contribution is -2.53. The quantitative estimate of drug-likeness (QED) is 0.778. The largest absolute Gasteiger partial charge is 0.365 e. The molecule has 2 aliphatic heterocycles. The zero-order chi connectivity index (χ0) is 19.9. The van der Waals surface area contributed by atoms with Crippen molar-refractivity contribution in [1.29, 1.82) is 0 Å². The first-order valence-corrected chi connectivity index (χ1v) is 11.0. The maximum Gasteiger partial charge on any atom is 0.285 e. The van der Waals surface area contributed by atoms with Gasteiger partial charge in [0.05, 0.1) is 0 Å². The lowest BCUT2D eigenvalue weighted by molar-refractivity contribution is 0.339. The van der Waals surface area contributed by atoms with Crippen LogP contribution in [0.25, 0.3) is 4.91 Å². The van der Waals surface area contributed by atoms with Gasteiger partial charge >= 0.3 is 0 Å². The van der Waals surface area contributed by atoms with E-state index < -0.39 is 10.0 Å². The number of hydrogen-bond donors (Lipinski definition) is 0. The predicted molar refractivity (Wildman–Crippen MR) is 115 cm³/mol. The summed E-state index contributed by atoms with van der Waals surface area (Å²) in [5.41, 5.74) is 3.89. The molecule has 1 saturated heterocycles. The zero-order valence-electron chi connectivity index (χ0n) is 16.5. The maximum absolute atomic E-state index is 12.7.